The van der Waals surface area contributed by atoms with Gasteiger partial charge in [0.1, 0.15) is 0 Å². The van der Waals surface area contributed by atoms with Gasteiger partial charge in [-0.15, -0.1) is 10.2 Å². The summed E-state index contributed by atoms with van der Waals surface area (Å²) in [5.74, 6) is -3.55. The number of hydrogen-bond donors (Lipinski definition) is 2. The van der Waals surface area contributed by atoms with E-state index in [1.807, 2.05) is 0 Å². The van der Waals surface area contributed by atoms with Crippen molar-refractivity contribution < 1.29 is 57.8 Å². The molecule has 2 N–H and O–H groups in total. The van der Waals surface area contributed by atoms with Crippen LogP contribution in [0.1, 0.15) is 37.3 Å². The first kappa shape index (κ1) is 32.2. The minimum atomic E-state index is -1.69. The summed E-state index contributed by atoms with van der Waals surface area (Å²) in [6, 6.07) is -2.49. The molecule has 18 heteroatoms. The Labute approximate surface area is 228 Å². The quantitative estimate of drug-likeness (QED) is 0.153. The molecule has 2 rings (SSSR count). The highest BCUT2D eigenvalue weighted by Gasteiger charge is 2.39. The van der Waals surface area contributed by atoms with Crippen molar-refractivity contribution in [1.29, 1.82) is 0 Å². The zero-order chi connectivity index (χ0) is 29.7. The lowest BCUT2D eigenvalue weighted by Crippen LogP contribution is -2.45. The summed E-state index contributed by atoms with van der Waals surface area (Å²) >= 11 is 0. The number of ether oxygens (including phenoxy) is 6. The number of esters is 4. The molecular formula is C22H32N6O12. The number of aromatic nitrogens is 6. The Bertz CT molecular complexity index is 1040. The maximum atomic E-state index is 12.9. The number of carbonyl (C=O) groups is 4. The third-order valence-corrected chi connectivity index (χ3v) is 5.32. The number of rotatable bonds is 17. The minimum Gasteiger partial charge on any atom is -0.467 e. The summed E-state index contributed by atoms with van der Waals surface area (Å²) in [4.78, 5) is 49.8. The van der Waals surface area contributed by atoms with Crippen LogP contribution in [0.25, 0.3) is 0 Å². The molecule has 2 aromatic rings. The van der Waals surface area contributed by atoms with Crippen molar-refractivity contribution in [3.8, 4) is 0 Å². The predicted molar refractivity (Wildman–Crippen MR) is 127 cm³/mol. The number of aliphatic hydroxyl groups is 2. The van der Waals surface area contributed by atoms with Crippen molar-refractivity contribution in [1.82, 2.24) is 30.0 Å². The van der Waals surface area contributed by atoms with E-state index >= 15 is 0 Å². The van der Waals surface area contributed by atoms with Crippen molar-refractivity contribution in [2.45, 2.75) is 51.4 Å². The lowest BCUT2D eigenvalue weighted by Gasteiger charge is -2.25. The highest BCUT2D eigenvalue weighted by Crippen LogP contribution is 2.18. The highest BCUT2D eigenvalue weighted by atomic mass is 16.6. The molecule has 222 valence electrons. The van der Waals surface area contributed by atoms with Gasteiger partial charge in [-0.25, -0.2) is 28.5 Å². The third kappa shape index (κ3) is 8.01. The fourth-order valence-electron chi connectivity index (χ4n) is 3.39. The Kier molecular flexibility index (Phi) is 13.0. The van der Waals surface area contributed by atoms with Gasteiger partial charge in [0.05, 0.1) is 77.6 Å². The first-order valence-corrected chi connectivity index (χ1v) is 12.0. The van der Waals surface area contributed by atoms with Crippen LogP contribution < -0.4 is 0 Å². The average Bonchev–Trinajstić information content (AvgIpc) is 3.61. The summed E-state index contributed by atoms with van der Waals surface area (Å²) in [7, 11) is 2.26. The van der Waals surface area contributed by atoms with Crippen LogP contribution in [0, 0.1) is 0 Å². The van der Waals surface area contributed by atoms with E-state index in [2.05, 4.69) is 30.1 Å². The van der Waals surface area contributed by atoms with E-state index in [9.17, 15) is 29.4 Å². The molecule has 0 bridgehead atoms. The molecule has 0 aliphatic carbocycles. The van der Waals surface area contributed by atoms with E-state index in [-0.39, 0.29) is 24.6 Å². The van der Waals surface area contributed by atoms with Gasteiger partial charge < -0.3 is 38.6 Å². The molecule has 40 heavy (non-hydrogen) atoms. The average molecular weight is 573 g/mol. The van der Waals surface area contributed by atoms with Crippen LogP contribution in [0.4, 0.5) is 0 Å². The second-order valence-electron chi connectivity index (χ2n) is 7.75. The second kappa shape index (κ2) is 16.2. The van der Waals surface area contributed by atoms with Crippen LogP contribution >= 0.6 is 0 Å². The Balaban J connectivity index is 2.34. The molecule has 0 aliphatic heterocycles. The number of carbonyl (C=O) groups excluding carboxylic acids is 4. The largest absolute Gasteiger partial charge is 0.467 e. The molecule has 0 fully saturated rings. The maximum absolute atomic E-state index is 12.9. The van der Waals surface area contributed by atoms with Crippen LogP contribution in [0.3, 0.4) is 0 Å². The molecule has 0 saturated heterocycles. The lowest BCUT2D eigenvalue weighted by molar-refractivity contribution is -0.186. The summed E-state index contributed by atoms with van der Waals surface area (Å²) in [6.45, 7) is 0.773. The monoisotopic (exact) mass is 572 g/mol. The molecule has 0 amide bonds. The van der Waals surface area contributed by atoms with Gasteiger partial charge in [-0.3, -0.25) is 0 Å². The van der Waals surface area contributed by atoms with E-state index in [4.69, 9.17) is 18.9 Å². The van der Waals surface area contributed by atoms with Crippen LogP contribution in [-0.4, -0.2) is 117 Å². The standard InChI is InChI=1S/C22H32N6O12/c1-5-37-21(33)17(39-11-13-7-23-25-27(13)15(9-29)19(31)35-3)18(22(34)38-6-2)40-12-14-8-24-26-28(14)16(10-30)20(32)36-4/h7-8,15-18,29-30H,5-6,9-12H2,1-4H3/t15-,16-,17+,18+/m0/s1. The minimum absolute atomic E-state index is 0.0589. The van der Waals surface area contributed by atoms with Crippen LogP contribution in [0.15, 0.2) is 12.4 Å². The molecule has 2 heterocycles. The van der Waals surface area contributed by atoms with Crippen LogP contribution in [0.5, 0.6) is 0 Å². The van der Waals surface area contributed by atoms with Crippen molar-refractivity contribution in [3.05, 3.63) is 23.8 Å². The smallest absolute Gasteiger partial charge is 0.338 e. The first-order valence-electron chi connectivity index (χ1n) is 12.0. The predicted octanol–water partition coefficient (Wildman–Crippen LogP) is -2.12. The Morgan fingerprint density at radius 2 is 1.10 bits per heavy atom. The fraction of sp³-hybridized carbons (Fsp3) is 0.636. The summed E-state index contributed by atoms with van der Waals surface area (Å²) in [5.41, 5.74) is 0.292. The molecular weight excluding hydrogens is 540 g/mol. The summed E-state index contributed by atoms with van der Waals surface area (Å²) in [6.07, 6.45) is -0.932. The molecule has 0 radical (unpaired) electrons. The summed E-state index contributed by atoms with van der Waals surface area (Å²) in [5, 5.41) is 34.2. The molecule has 0 saturated carbocycles. The Morgan fingerprint density at radius 1 is 0.725 bits per heavy atom. The number of methoxy groups -OCH3 is 2. The molecule has 0 aromatic carbocycles. The van der Waals surface area contributed by atoms with Crippen molar-refractivity contribution in [2.75, 3.05) is 40.6 Å². The van der Waals surface area contributed by atoms with E-state index < -0.39 is 74.6 Å². The van der Waals surface area contributed by atoms with Crippen LogP contribution in [-0.2, 0) is 60.8 Å². The van der Waals surface area contributed by atoms with Gasteiger partial charge in [0.15, 0.2) is 24.3 Å². The topological polar surface area (TPSA) is 226 Å². The Hall–Kier alpha value is -4.00. The van der Waals surface area contributed by atoms with Crippen LogP contribution in [0.2, 0.25) is 0 Å². The lowest BCUT2D eigenvalue weighted by atomic mass is 10.2. The molecule has 2 aromatic heterocycles. The third-order valence-electron chi connectivity index (χ3n) is 5.32. The molecule has 0 aliphatic rings. The van der Waals surface area contributed by atoms with Gasteiger partial charge in [0, 0.05) is 0 Å². The Morgan fingerprint density at radius 3 is 1.40 bits per heavy atom. The van der Waals surface area contributed by atoms with E-state index in [0.29, 0.717) is 0 Å². The number of hydrogen-bond acceptors (Lipinski definition) is 16. The maximum Gasteiger partial charge on any atom is 0.338 e. The zero-order valence-corrected chi connectivity index (χ0v) is 22.4. The normalized spacial score (nSPS) is 14.1. The fourth-order valence-corrected chi connectivity index (χ4v) is 3.39. The second-order valence-corrected chi connectivity index (χ2v) is 7.75. The van der Waals surface area contributed by atoms with E-state index in [1.165, 1.54) is 12.4 Å². The SMILES string of the molecule is CCOC(=O)[C@H](OCc1cnnn1[C@@H](CO)C(=O)OC)[C@@H](OCc1cnnn1[C@@H](CO)C(=O)OC)C(=O)OCC. The molecule has 0 unspecified atom stereocenters. The highest BCUT2D eigenvalue weighted by molar-refractivity contribution is 5.85. The first-order chi connectivity index (χ1) is 19.3. The van der Waals surface area contributed by atoms with Gasteiger partial charge in [-0.1, -0.05) is 10.4 Å². The van der Waals surface area contributed by atoms with Gasteiger partial charge in [0.25, 0.3) is 0 Å². The van der Waals surface area contributed by atoms with Gasteiger partial charge in [-0.05, 0) is 13.8 Å². The van der Waals surface area contributed by atoms with Gasteiger partial charge >= 0.3 is 23.9 Å². The molecule has 18 nitrogen and oxygen atoms in total. The van der Waals surface area contributed by atoms with E-state index in [0.717, 1.165) is 23.6 Å². The van der Waals surface area contributed by atoms with Crippen molar-refractivity contribution in [2.24, 2.45) is 0 Å². The number of aliphatic hydroxyl groups excluding tert-OH is 2. The van der Waals surface area contributed by atoms with Gasteiger partial charge in [-0.2, -0.15) is 0 Å². The summed E-state index contributed by atoms with van der Waals surface area (Å²) < 4.78 is 33.0. The zero-order valence-electron chi connectivity index (χ0n) is 22.4. The van der Waals surface area contributed by atoms with E-state index in [1.54, 1.807) is 13.8 Å². The molecule has 0 spiro atoms. The van der Waals surface area contributed by atoms with Crippen molar-refractivity contribution in [3.63, 3.8) is 0 Å². The van der Waals surface area contributed by atoms with Gasteiger partial charge in [0.2, 0.25) is 0 Å². The van der Waals surface area contributed by atoms with Crippen molar-refractivity contribution >= 4 is 23.9 Å². The number of nitrogens with zero attached hydrogens (tertiary/aromatic N) is 6. The molecule has 4 atom stereocenters.